The molecule has 0 atom stereocenters. The zero-order chi connectivity index (χ0) is 10.4. The summed E-state index contributed by atoms with van der Waals surface area (Å²) in [7, 11) is 0. The highest BCUT2D eigenvalue weighted by atomic mass is 14.9. The zero-order valence-electron chi connectivity index (χ0n) is 9.52. The van der Waals surface area contributed by atoms with Gasteiger partial charge >= 0.3 is 0 Å². The highest BCUT2D eigenvalue weighted by molar-refractivity contribution is 5.28. The van der Waals surface area contributed by atoms with E-state index in [4.69, 9.17) is 5.48 Å². The van der Waals surface area contributed by atoms with E-state index >= 15 is 0 Å². The molecule has 1 aliphatic rings. The highest BCUT2D eigenvalue weighted by Gasteiger charge is 2.05. The normalized spacial score (nSPS) is 32.4. The lowest BCUT2D eigenvalue weighted by Gasteiger charge is -2.15. The highest BCUT2D eigenvalue weighted by Crippen LogP contribution is 2.11. The summed E-state index contributed by atoms with van der Waals surface area (Å²) >= 11 is 0. The van der Waals surface area contributed by atoms with Gasteiger partial charge in [-0.3, -0.25) is 0 Å². The lowest BCUT2D eigenvalue weighted by Crippen LogP contribution is -2.23. The second kappa shape index (κ2) is 2.43. The molecule has 10 heavy (non-hydrogen) atoms. The predicted molar refractivity (Wildman–Crippen MR) is 41.9 cm³/mol. The second-order valence-electron chi connectivity index (χ2n) is 2.26. The van der Waals surface area contributed by atoms with E-state index in [0.717, 1.165) is 5.56 Å². The van der Waals surface area contributed by atoms with Crippen molar-refractivity contribution in [2.24, 2.45) is 0 Å². The fourth-order valence-corrected chi connectivity index (χ4v) is 1.05. The predicted octanol–water partition coefficient (Wildman–Crippen LogP) is 1.33. The minimum atomic E-state index is -2.00. The molecule has 0 fully saturated rings. The minimum Gasteiger partial charge on any atom is -0.312 e. The van der Waals surface area contributed by atoms with Crippen molar-refractivity contribution in [3.63, 3.8) is 0 Å². The van der Waals surface area contributed by atoms with Gasteiger partial charge in [-0.25, -0.2) is 0 Å². The van der Waals surface area contributed by atoms with Crippen LogP contribution < -0.4 is 5.32 Å². The first-order valence-electron chi connectivity index (χ1n) is 5.28. The van der Waals surface area contributed by atoms with E-state index in [1.54, 1.807) is 12.1 Å². The summed E-state index contributed by atoms with van der Waals surface area (Å²) in [5, 5.41) is 2.56. The monoisotopic (exact) mass is 137 g/mol. The molecule has 0 aromatic heterocycles. The molecule has 1 nitrogen and oxygen atoms in total. The van der Waals surface area contributed by atoms with Gasteiger partial charge in [-0.15, -0.1) is 0 Å². The molecule has 0 unspecified atom stereocenters. The molecule has 1 aromatic rings. The van der Waals surface area contributed by atoms with Gasteiger partial charge in [0.25, 0.3) is 0 Å². The second-order valence-corrected chi connectivity index (χ2v) is 2.26. The van der Waals surface area contributed by atoms with Crippen molar-refractivity contribution < 1.29 is 5.48 Å². The first-order valence-corrected chi connectivity index (χ1v) is 3.28. The van der Waals surface area contributed by atoms with Crippen LogP contribution in [-0.4, -0.2) is 6.50 Å². The third-order valence-corrected chi connectivity index (χ3v) is 1.58. The lowest BCUT2D eigenvalue weighted by atomic mass is 10.0. The topological polar surface area (TPSA) is 12.0 Å². The van der Waals surface area contributed by atoms with E-state index in [9.17, 15) is 0 Å². The molecular formula is C9H11N. The molecule has 0 amide bonds. The van der Waals surface area contributed by atoms with Gasteiger partial charge in [0, 0.05) is 12.0 Å². The van der Waals surface area contributed by atoms with E-state index in [-0.39, 0.29) is 0 Å². The summed E-state index contributed by atoms with van der Waals surface area (Å²) in [5.41, 5.74) is 1.27. The van der Waals surface area contributed by atoms with Crippen LogP contribution in [0.15, 0.2) is 24.3 Å². The van der Waals surface area contributed by atoms with Crippen LogP contribution >= 0.6 is 0 Å². The van der Waals surface area contributed by atoms with E-state index in [1.807, 2.05) is 12.1 Å². The van der Waals surface area contributed by atoms with Crippen molar-refractivity contribution in [3.05, 3.63) is 35.4 Å². The van der Waals surface area contributed by atoms with Crippen LogP contribution in [0.25, 0.3) is 0 Å². The van der Waals surface area contributed by atoms with Gasteiger partial charge in [0.1, 0.15) is 0 Å². The Labute approximate surface area is 66.7 Å². The summed E-state index contributed by atoms with van der Waals surface area (Å²) in [6, 6.07) is 7.03. The van der Waals surface area contributed by atoms with E-state index in [0.29, 0.717) is 12.1 Å². The van der Waals surface area contributed by atoms with Gasteiger partial charge in [0.15, 0.2) is 0 Å². The summed E-state index contributed by atoms with van der Waals surface area (Å²) in [4.78, 5) is 0. The Morgan fingerprint density at radius 1 is 1.30 bits per heavy atom. The molecule has 1 N–H and O–H groups in total. The van der Waals surface area contributed by atoms with Gasteiger partial charge in [-0.05, 0) is 24.0 Å². The van der Waals surface area contributed by atoms with Crippen molar-refractivity contribution in [1.29, 1.82) is 0 Å². The third kappa shape index (κ3) is 0.929. The van der Waals surface area contributed by atoms with Crippen LogP contribution in [0.2, 0.25) is 0 Å². The number of aryl methyl sites for hydroxylation is 1. The quantitative estimate of drug-likeness (QED) is 0.569. The van der Waals surface area contributed by atoms with Crippen LogP contribution in [0.4, 0.5) is 0 Å². The molecule has 2 rings (SSSR count). The first kappa shape index (κ1) is 3.05. The summed E-state index contributed by atoms with van der Waals surface area (Å²) in [6.07, 6.45) is -1.97. The number of rotatable bonds is 0. The van der Waals surface area contributed by atoms with Gasteiger partial charge in [0.05, 0.1) is 0 Å². The maximum absolute atomic E-state index is 7.74. The molecule has 1 aromatic carbocycles. The fraction of sp³-hybridized carbons (Fsp3) is 0.333. The van der Waals surface area contributed by atoms with Crippen LogP contribution in [0.3, 0.4) is 0 Å². The van der Waals surface area contributed by atoms with Gasteiger partial charge in [-0.1, -0.05) is 24.3 Å². The van der Waals surface area contributed by atoms with E-state index < -0.39 is 12.9 Å². The summed E-state index contributed by atoms with van der Waals surface area (Å²) in [6.45, 7) is -1.62. The van der Waals surface area contributed by atoms with Crippen LogP contribution in [0, 0.1) is 0 Å². The summed E-state index contributed by atoms with van der Waals surface area (Å²) in [5.74, 6) is 0. The molecule has 52 valence electrons. The molecule has 0 radical (unpaired) electrons. The molecular weight excluding hydrogens is 122 g/mol. The van der Waals surface area contributed by atoms with Crippen LogP contribution in [0.1, 0.15) is 16.6 Å². The zero-order valence-corrected chi connectivity index (χ0v) is 5.52. The van der Waals surface area contributed by atoms with Crippen molar-refractivity contribution >= 4 is 0 Å². The van der Waals surface area contributed by atoms with Gasteiger partial charge in [-0.2, -0.15) is 0 Å². The van der Waals surface area contributed by atoms with Gasteiger partial charge < -0.3 is 5.32 Å². The van der Waals surface area contributed by atoms with Crippen molar-refractivity contribution in [2.75, 3.05) is 6.50 Å². The maximum atomic E-state index is 7.74. The molecule has 0 aliphatic carbocycles. The minimum absolute atomic E-state index is 0.378. The number of nitrogens with one attached hydrogen (secondary N) is 1. The summed E-state index contributed by atoms with van der Waals surface area (Å²) < 4.78 is 30.6. The lowest BCUT2D eigenvalue weighted by molar-refractivity contribution is 0.644. The van der Waals surface area contributed by atoms with E-state index in [2.05, 4.69) is 5.32 Å². The Kier molecular flexibility index (Phi) is 0.742. The molecule has 1 heteroatoms. The number of hydrogen-bond acceptors (Lipinski definition) is 1. The van der Waals surface area contributed by atoms with Crippen molar-refractivity contribution in [3.8, 4) is 0 Å². The van der Waals surface area contributed by atoms with Crippen LogP contribution in [0.5, 0.6) is 0 Å². The van der Waals surface area contributed by atoms with E-state index in [1.165, 1.54) is 0 Å². The Balaban J connectivity index is 2.57. The standard InChI is InChI=1S/C9H11N/c1-2-4-9-7-10-6-5-8(9)3-1/h1-4,10H,5-7H2/i5D2,6D2. The Morgan fingerprint density at radius 2 is 2.10 bits per heavy atom. The number of hydrogen-bond donors (Lipinski definition) is 1. The van der Waals surface area contributed by atoms with Gasteiger partial charge in [0.2, 0.25) is 0 Å². The first-order chi connectivity index (χ1) is 6.45. The molecule has 0 bridgehead atoms. The molecule has 1 aliphatic heterocycles. The Hall–Kier alpha value is -0.820. The van der Waals surface area contributed by atoms with Crippen molar-refractivity contribution in [2.45, 2.75) is 12.9 Å². The number of fused-ring (bicyclic) bond motifs is 1. The fourth-order valence-electron chi connectivity index (χ4n) is 1.05. The average molecular weight is 137 g/mol. The third-order valence-electron chi connectivity index (χ3n) is 1.58. The maximum Gasteiger partial charge on any atom is 0.0431 e. The van der Waals surface area contributed by atoms with Crippen molar-refractivity contribution in [1.82, 2.24) is 5.32 Å². The molecule has 0 spiro atoms. The van der Waals surface area contributed by atoms with Crippen LogP contribution in [-0.2, 0) is 12.9 Å². The number of benzene rings is 1. The largest absolute Gasteiger partial charge is 0.312 e. The Bertz CT molecular complexity index is 362. The smallest absolute Gasteiger partial charge is 0.0431 e. The molecule has 1 heterocycles. The average Bonchev–Trinajstić information content (AvgIpc) is 2.13. The molecule has 0 saturated heterocycles. The molecule has 0 saturated carbocycles. The SMILES string of the molecule is [2H]C1([2H])NCc2ccccc2C1([2H])[2H]. The Morgan fingerprint density at radius 3 is 3.00 bits per heavy atom.